The Bertz CT molecular complexity index is 408. The van der Waals surface area contributed by atoms with E-state index in [2.05, 4.69) is 4.98 Å². The van der Waals surface area contributed by atoms with Crippen molar-refractivity contribution in [3.05, 3.63) is 23.0 Å². The van der Waals surface area contributed by atoms with Gasteiger partial charge in [0.25, 0.3) is 0 Å². The van der Waals surface area contributed by atoms with Crippen molar-refractivity contribution in [2.45, 2.75) is 18.7 Å². The normalized spacial score (nSPS) is 21.1. The third-order valence-corrected chi connectivity index (χ3v) is 2.89. The van der Waals surface area contributed by atoms with E-state index in [0.717, 1.165) is 11.4 Å². The fourth-order valence-electron chi connectivity index (χ4n) is 1.67. The smallest absolute Gasteiger partial charge is 0.228 e. The van der Waals surface area contributed by atoms with Crippen LogP contribution in [0.25, 0.3) is 0 Å². The van der Waals surface area contributed by atoms with Crippen molar-refractivity contribution in [2.24, 2.45) is 0 Å². The molecule has 80 valence electrons. The minimum Gasteiger partial charge on any atom is -0.309 e. The van der Waals surface area contributed by atoms with E-state index in [1.54, 1.807) is 17.2 Å². The summed E-state index contributed by atoms with van der Waals surface area (Å²) in [6.45, 7) is 2.38. The average Bonchev–Trinajstić information content (AvgIpc) is 2.50. The van der Waals surface area contributed by atoms with Crippen LogP contribution in [-0.2, 0) is 4.79 Å². The molecular formula is C10H10Cl2N2O. The summed E-state index contributed by atoms with van der Waals surface area (Å²) in [6, 6.07) is 1.75. The van der Waals surface area contributed by atoms with E-state index in [-0.39, 0.29) is 11.3 Å². The Hall–Kier alpha value is -0.800. The molecule has 0 saturated carbocycles. The first-order valence-corrected chi connectivity index (χ1v) is 5.46. The second-order valence-corrected chi connectivity index (χ2v) is 4.62. The second kappa shape index (κ2) is 3.99. The summed E-state index contributed by atoms with van der Waals surface area (Å²) in [4.78, 5) is 17.4. The third-order valence-electron chi connectivity index (χ3n) is 2.40. The Morgan fingerprint density at radius 3 is 2.93 bits per heavy atom. The molecule has 1 saturated heterocycles. The first kappa shape index (κ1) is 10.7. The van der Waals surface area contributed by atoms with E-state index in [1.165, 1.54) is 0 Å². The van der Waals surface area contributed by atoms with Crippen molar-refractivity contribution in [2.75, 3.05) is 11.4 Å². The number of anilines is 1. The Kier molecular flexibility index (Phi) is 2.85. The highest BCUT2D eigenvalue weighted by atomic mass is 35.5. The summed E-state index contributed by atoms with van der Waals surface area (Å²) in [5.41, 5.74) is 1.55. The highest BCUT2D eigenvalue weighted by molar-refractivity contribution is 6.31. The Balaban J connectivity index is 2.37. The van der Waals surface area contributed by atoms with Gasteiger partial charge in [0.15, 0.2) is 0 Å². The lowest BCUT2D eigenvalue weighted by Crippen LogP contribution is -2.25. The van der Waals surface area contributed by atoms with Gasteiger partial charge in [0, 0.05) is 19.2 Å². The molecule has 0 N–H and O–H groups in total. The van der Waals surface area contributed by atoms with Crippen molar-refractivity contribution in [3.8, 4) is 0 Å². The summed E-state index contributed by atoms with van der Waals surface area (Å²) in [5.74, 6) is 0.0298. The molecule has 1 atom stereocenters. The number of hydrogen-bond donors (Lipinski definition) is 0. The fourth-order valence-corrected chi connectivity index (χ4v) is 2.09. The predicted molar refractivity (Wildman–Crippen MR) is 60.6 cm³/mol. The van der Waals surface area contributed by atoms with Crippen molar-refractivity contribution in [1.29, 1.82) is 0 Å². The topological polar surface area (TPSA) is 33.2 Å². The highest BCUT2D eigenvalue weighted by Crippen LogP contribution is 2.28. The lowest BCUT2D eigenvalue weighted by Gasteiger charge is -2.17. The first-order valence-electron chi connectivity index (χ1n) is 4.64. The molecule has 1 fully saturated rings. The maximum atomic E-state index is 11.6. The average molecular weight is 245 g/mol. The van der Waals surface area contributed by atoms with Gasteiger partial charge < -0.3 is 4.90 Å². The molecule has 1 aromatic rings. The molecule has 0 radical (unpaired) electrons. The molecule has 1 aliphatic rings. The Morgan fingerprint density at radius 1 is 1.60 bits per heavy atom. The number of aromatic nitrogens is 1. The summed E-state index contributed by atoms with van der Waals surface area (Å²) in [7, 11) is 0. The van der Waals surface area contributed by atoms with E-state index in [4.69, 9.17) is 23.2 Å². The molecule has 0 bridgehead atoms. The molecule has 1 unspecified atom stereocenters. The fraction of sp³-hybridized carbons (Fsp3) is 0.400. The van der Waals surface area contributed by atoms with Gasteiger partial charge in [-0.2, -0.15) is 0 Å². The molecule has 1 aromatic heterocycles. The van der Waals surface area contributed by atoms with Crippen LogP contribution in [0, 0.1) is 6.92 Å². The zero-order valence-electron chi connectivity index (χ0n) is 8.20. The van der Waals surface area contributed by atoms with Crippen LogP contribution in [0.1, 0.15) is 12.1 Å². The molecule has 1 amide bonds. The van der Waals surface area contributed by atoms with Crippen LogP contribution in [-0.4, -0.2) is 22.8 Å². The first-order chi connectivity index (χ1) is 7.08. The van der Waals surface area contributed by atoms with Crippen LogP contribution < -0.4 is 4.90 Å². The number of rotatable bonds is 1. The number of pyridine rings is 1. The van der Waals surface area contributed by atoms with E-state index in [0.29, 0.717) is 18.0 Å². The molecular weight excluding hydrogens is 235 g/mol. The van der Waals surface area contributed by atoms with Crippen molar-refractivity contribution in [1.82, 2.24) is 4.98 Å². The molecule has 0 spiro atoms. The molecule has 1 aliphatic heterocycles. The van der Waals surface area contributed by atoms with Crippen LogP contribution in [0.5, 0.6) is 0 Å². The highest BCUT2D eigenvalue weighted by Gasteiger charge is 2.30. The molecule has 0 aromatic carbocycles. The lowest BCUT2D eigenvalue weighted by molar-refractivity contribution is -0.117. The second-order valence-electron chi connectivity index (χ2n) is 3.56. The van der Waals surface area contributed by atoms with Crippen LogP contribution in [0.4, 0.5) is 5.69 Å². The van der Waals surface area contributed by atoms with E-state index in [9.17, 15) is 4.79 Å². The number of halogens is 2. The monoisotopic (exact) mass is 244 g/mol. The zero-order chi connectivity index (χ0) is 11.0. The van der Waals surface area contributed by atoms with E-state index >= 15 is 0 Å². The van der Waals surface area contributed by atoms with E-state index < -0.39 is 0 Å². The molecule has 5 heteroatoms. The summed E-state index contributed by atoms with van der Waals surface area (Å²) in [6.07, 6.45) is 1.95. The summed E-state index contributed by atoms with van der Waals surface area (Å²) < 4.78 is 0. The quantitative estimate of drug-likeness (QED) is 0.711. The number of alkyl halides is 1. The van der Waals surface area contributed by atoms with Crippen LogP contribution >= 0.6 is 23.2 Å². The van der Waals surface area contributed by atoms with Crippen molar-refractivity contribution < 1.29 is 4.79 Å². The maximum absolute atomic E-state index is 11.6. The van der Waals surface area contributed by atoms with Gasteiger partial charge in [-0.3, -0.25) is 9.78 Å². The van der Waals surface area contributed by atoms with Gasteiger partial charge in [-0.25, -0.2) is 0 Å². The van der Waals surface area contributed by atoms with Crippen LogP contribution in [0.15, 0.2) is 12.3 Å². The van der Waals surface area contributed by atoms with E-state index in [1.807, 2.05) is 6.92 Å². The number of amides is 1. The minimum absolute atomic E-state index is 0.0298. The number of carbonyl (C=O) groups is 1. The zero-order valence-corrected chi connectivity index (χ0v) is 9.72. The number of carbonyl (C=O) groups excluding carboxylic acids is 1. The predicted octanol–water partition coefficient (Wildman–Crippen LogP) is 2.39. The summed E-state index contributed by atoms with van der Waals surface area (Å²) in [5, 5.41) is 0.414. The Labute approximate surface area is 98.0 Å². The van der Waals surface area contributed by atoms with Crippen molar-refractivity contribution >= 4 is 34.8 Å². The molecule has 2 rings (SSSR count). The maximum Gasteiger partial charge on any atom is 0.228 e. The van der Waals surface area contributed by atoms with Gasteiger partial charge in [-0.15, -0.1) is 11.6 Å². The molecule has 3 nitrogen and oxygen atoms in total. The van der Waals surface area contributed by atoms with Gasteiger partial charge in [0.05, 0.1) is 21.8 Å². The lowest BCUT2D eigenvalue weighted by atomic mass is 10.3. The van der Waals surface area contributed by atoms with Gasteiger partial charge >= 0.3 is 0 Å². The largest absolute Gasteiger partial charge is 0.309 e. The van der Waals surface area contributed by atoms with Crippen LogP contribution in [0.3, 0.4) is 0 Å². The molecule has 15 heavy (non-hydrogen) atoms. The van der Waals surface area contributed by atoms with Crippen LogP contribution in [0.2, 0.25) is 5.02 Å². The Morgan fingerprint density at radius 2 is 2.33 bits per heavy atom. The van der Waals surface area contributed by atoms with Gasteiger partial charge in [-0.05, 0) is 13.0 Å². The SMILES string of the molecule is Cc1ncc(Cl)cc1N1CC(Cl)CC1=O. The standard InChI is InChI=1S/C10H10Cl2N2O/c1-6-9(2-7(11)4-13-6)14-5-8(12)3-10(14)15/h2,4,8H,3,5H2,1H3. The van der Waals surface area contributed by atoms with Gasteiger partial charge in [-0.1, -0.05) is 11.6 Å². The summed E-state index contributed by atoms with van der Waals surface area (Å²) >= 11 is 11.8. The minimum atomic E-state index is -0.115. The number of nitrogens with zero attached hydrogens (tertiary/aromatic N) is 2. The van der Waals surface area contributed by atoms with Gasteiger partial charge in [0.2, 0.25) is 5.91 Å². The third kappa shape index (κ3) is 2.08. The molecule has 2 heterocycles. The van der Waals surface area contributed by atoms with Gasteiger partial charge in [0.1, 0.15) is 0 Å². The molecule has 0 aliphatic carbocycles. The number of aryl methyl sites for hydroxylation is 1. The van der Waals surface area contributed by atoms with Crippen molar-refractivity contribution in [3.63, 3.8) is 0 Å². The number of hydrogen-bond acceptors (Lipinski definition) is 2.